The number of hydrogen-bond acceptors (Lipinski definition) is 10. The van der Waals surface area contributed by atoms with Gasteiger partial charge < -0.3 is 9.84 Å². The van der Waals surface area contributed by atoms with Crippen LogP contribution in [-0.4, -0.2) is 55.7 Å². The van der Waals surface area contributed by atoms with Crippen LogP contribution in [-0.2, 0) is 4.74 Å². The second kappa shape index (κ2) is 9.39. The van der Waals surface area contributed by atoms with Crippen molar-refractivity contribution in [1.29, 1.82) is 0 Å². The van der Waals surface area contributed by atoms with Crippen molar-refractivity contribution in [3.8, 4) is 0 Å². The molecule has 1 aliphatic rings. The molecule has 11 nitrogen and oxygen atoms in total. The lowest BCUT2D eigenvalue weighted by Crippen LogP contribution is -2.40. The minimum absolute atomic E-state index is 0.0206. The molecule has 1 aromatic rings. The number of ether oxygens (including phenoxy) is 1. The number of nitrogens with zero attached hydrogens (tertiary/aromatic N) is 4. The van der Waals surface area contributed by atoms with Crippen molar-refractivity contribution in [3.05, 3.63) is 38.7 Å². The summed E-state index contributed by atoms with van der Waals surface area (Å²) in [6, 6.07) is 0. The summed E-state index contributed by atoms with van der Waals surface area (Å²) in [6.45, 7) is 5.71. The third-order valence-electron chi connectivity index (χ3n) is 4.23. The van der Waals surface area contributed by atoms with Gasteiger partial charge in [0.25, 0.3) is 5.70 Å². The Morgan fingerprint density at radius 2 is 2.22 bits per heavy atom. The Morgan fingerprint density at radius 1 is 1.59 bits per heavy atom. The monoisotopic (exact) mass is 387 g/mol. The summed E-state index contributed by atoms with van der Waals surface area (Å²) in [5.74, 6) is 0.0206. The summed E-state index contributed by atoms with van der Waals surface area (Å²) in [7, 11) is 0. The van der Waals surface area contributed by atoms with Crippen LogP contribution >= 0.6 is 0 Å². The Bertz CT molecular complexity index is 714. The molecular formula is C15H22FN5O6. The number of aromatic nitrogens is 2. The average Bonchev–Trinajstić information content (AvgIpc) is 2.80. The number of aliphatic hydroxyl groups is 1. The lowest BCUT2D eigenvalue weighted by atomic mass is 9.96. The van der Waals surface area contributed by atoms with Gasteiger partial charge in [-0.25, -0.2) is 14.4 Å². The number of aliphatic hydroxyl groups excluding tert-OH is 1. The van der Waals surface area contributed by atoms with Crippen LogP contribution in [0.2, 0.25) is 0 Å². The Morgan fingerprint density at radius 3 is 2.63 bits per heavy atom. The molecule has 0 radical (unpaired) electrons. The van der Waals surface area contributed by atoms with E-state index in [-0.39, 0.29) is 23.6 Å². The molecule has 0 amide bonds. The van der Waals surface area contributed by atoms with E-state index in [1.165, 1.54) is 33.2 Å². The number of rotatable bonds is 5. The molecule has 0 bridgehead atoms. The van der Waals surface area contributed by atoms with Gasteiger partial charge >= 0.3 is 0 Å². The summed E-state index contributed by atoms with van der Waals surface area (Å²) in [5.41, 5.74) is 0.489. The summed E-state index contributed by atoms with van der Waals surface area (Å²) in [5, 5.41) is 31.4. The molecule has 1 aliphatic heterocycles. The van der Waals surface area contributed by atoms with Crippen LogP contribution in [0, 0.1) is 21.9 Å². The first-order valence-corrected chi connectivity index (χ1v) is 7.96. The van der Waals surface area contributed by atoms with Crippen LogP contribution in [0.5, 0.6) is 0 Å². The van der Waals surface area contributed by atoms with Gasteiger partial charge in [-0.2, -0.15) is 4.91 Å². The molecule has 3 N–H and O–H groups in total. The lowest BCUT2D eigenvalue weighted by molar-refractivity contribution is -0.375. The predicted octanol–water partition coefficient (Wildman–Crippen LogP) is 1.85. The minimum Gasteiger partial charge on any atom is -0.387 e. The molecule has 2 rings (SSSR count). The van der Waals surface area contributed by atoms with Gasteiger partial charge in [-0.1, -0.05) is 5.18 Å². The van der Waals surface area contributed by atoms with Gasteiger partial charge in [0, 0.05) is 0 Å². The zero-order valence-electron chi connectivity index (χ0n) is 15.3. The van der Waals surface area contributed by atoms with Crippen LogP contribution in [0.25, 0.3) is 5.70 Å². The van der Waals surface area contributed by atoms with Gasteiger partial charge in [0.2, 0.25) is 0 Å². The maximum absolute atomic E-state index is 13.5. The second-order valence-electron chi connectivity index (χ2n) is 5.95. The topological polar surface area (TPSA) is 160 Å². The van der Waals surface area contributed by atoms with E-state index in [2.05, 4.69) is 15.1 Å². The Labute approximate surface area is 154 Å². The Kier molecular flexibility index (Phi) is 7.82. The number of hydrogen-bond donors (Lipinski definition) is 3. The molecule has 1 aromatic heterocycles. The van der Waals surface area contributed by atoms with Crippen molar-refractivity contribution in [2.45, 2.75) is 51.7 Å². The van der Waals surface area contributed by atoms with E-state index >= 15 is 0 Å². The third kappa shape index (κ3) is 4.99. The minimum atomic E-state index is -1.78. The molecule has 150 valence electrons. The maximum atomic E-state index is 13.5. The molecule has 0 aromatic carbocycles. The van der Waals surface area contributed by atoms with Crippen LogP contribution in [0.15, 0.2) is 17.6 Å². The van der Waals surface area contributed by atoms with Gasteiger partial charge in [0.05, 0.1) is 16.7 Å². The first-order chi connectivity index (χ1) is 12.6. The summed E-state index contributed by atoms with van der Waals surface area (Å²) >= 11 is 0. The zero-order chi connectivity index (χ0) is 20.8. The average molecular weight is 387 g/mol. The van der Waals surface area contributed by atoms with Gasteiger partial charge in [-0.3, -0.25) is 20.8 Å². The van der Waals surface area contributed by atoms with Crippen molar-refractivity contribution >= 4 is 11.5 Å². The molecule has 1 fully saturated rings. The van der Waals surface area contributed by atoms with Gasteiger partial charge in [-0.15, -0.1) is 0 Å². The second-order valence-corrected chi connectivity index (χ2v) is 5.95. The standard InChI is InChI=1S/C8H10N4O3.C7H12FNO3/c1-3-6(12(14)15)7-5(2)9-4-10-8(7)11-13;1-4-7(2,8)6(10)5(12-4)3-9-11/h3-4,13H,1-2H3,(H,9,10,11);4-6,10H,3H2,1-2H3/b6-3+;. The molecule has 12 heteroatoms. The largest absolute Gasteiger partial charge is 0.387 e. The molecule has 2 heterocycles. The molecule has 0 saturated carbocycles. The van der Waals surface area contributed by atoms with E-state index in [4.69, 9.17) is 9.94 Å². The van der Waals surface area contributed by atoms with Crippen LogP contribution in [0.1, 0.15) is 32.0 Å². The van der Waals surface area contributed by atoms with Gasteiger partial charge in [0.1, 0.15) is 30.6 Å². The van der Waals surface area contributed by atoms with E-state index < -0.39 is 28.9 Å². The highest BCUT2D eigenvalue weighted by molar-refractivity contribution is 5.69. The highest BCUT2D eigenvalue weighted by Crippen LogP contribution is 2.34. The highest BCUT2D eigenvalue weighted by atomic mass is 19.1. The Hall–Kier alpha value is -2.57. The molecular weight excluding hydrogens is 365 g/mol. The SMILES string of the molecule is C/C=C(\c1c(C)ncnc1NO)[N+](=O)[O-].CC1OC(CN=O)C(O)C1(C)F. The third-order valence-corrected chi connectivity index (χ3v) is 4.23. The molecule has 0 aliphatic carbocycles. The van der Waals surface area contributed by atoms with Crippen LogP contribution in [0.3, 0.4) is 0 Å². The molecule has 27 heavy (non-hydrogen) atoms. The number of halogens is 1. The quantitative estimate of drug-likeness (QED) is 0.389. The fourth-order valence-corrected chi connectivity index (χ4v) is 2.50. The van der Waals surface area contributed by atoms with E-state index in [1.54, 1.807) is 6.92 Å². The molecule has 1 saturated heterocycles. The van der Waals surface area contributed by atoms with Crippen LogP contribution < -0.4 is 5.48 Å². The number of alkyl halides is 1. The summed E-state index contributed by atoms with van der Waals surface area (Å²) < 4.78 is 18.5. The first kappa shape index (κ1) is 22.5. The van der Waals surface area contributed by atoms with E-state index in [1.807, 2.05) is 5.48 Å². The number of nitro groups is 1. The lowest BCUT2D eigenvalue weighted by Gasteiger charge is -2.20. The van der Waals surface area contributed by atoms with Gasteiger partial charge in [-0.05, 0) is 33.8 Å². The van der Waals surface area contributed by atoms with Crippen molar-refractivity contribution in [1.82, 2.24) is 9.97 Å². The van der Waals surface area contributed by atoms with Crippen molar-refractivity contribution < 1.29 is 24.4 Å². The fraction of sp³-hybridized carbons (Fsp3) is 0.600. The fourth-order valence-electron chi connectivity index (χ4n) is 2.50. The maximum Gasteiger partial charge on any atom is 0.278 e. The van der Waals surface area contributed by atoms with Crippen molar-refractivity contribution in [3.63, 3.8) is 0 Å². The normalized spacial score (nSPS) is 27.5. The zero-order valence-corrected chi connectivity index (χ0v) is 15.3. The van der Waals surface area contributed by atoms with Crippen LogP contribution in [0.4, 0.5) is 10.2 Å². The smallest absolute Gasteiger partial charge is 0.278 e. The Balaban J connectivity index is 0.000000277. The number of aryl methyl sites for hydroxylation is 1. The molecule has 4 unspecified atom stereocenters. The predicted molar refractivity (Wildman–Crippen MR) is 93.3 cm³/mol. The summed E-state index contributed by atoms with van der Waals surface area (Å²) in [4.78, 5) is 27.6. The number of nitrogens with one attached hydrogen (secondary N) is 1. The van der Waals surface area contributed by atoms with Gasteiger partial charge in [0.15, 0.2) is 11.5 Å². The van der Waals surface area contributed by atoms with E-state index in [9.17, 15) is 24.5 Å². The highest BCUT2D eigenvalue weighted by Gasteiger charge is 2.51. The summed E-state index contributed by atoms with van der Waals surface area (Å²) in [6.07, 6.45) is -0.214. The van der Waals surface area contributed by atoms with E-state index in [0.29, 0.717) is 5.69 Å². The number of allylic oxidation sites excluding steroid dienone is 1. The van der Waals surface area contributed by atoms with Crippen molar-refractivity contribution in [2.24, 2.45) is 5.18 Å². The molecule has 4 atom stereocenters. The van der Waals surface area contributed by atoms with E-state index in [0.717, 1.165) is 0 Å². The number of nitroso groups, excluding NO2 is 1. The molecule has 0 spiro atoms. The number of anilines is 1. The van der Waals surface area contributed by atoms with Crippen molar-refractivity contribution in [2.75, 3.05) is 12.0 Å². The first-order valence-electron chi connectivity index (χ1n) is 7.96.